The van der Waals surface area contributed by atoms with Crippen LogP contribution in [0.5, 0.6) is 0 Å². The highest BCUT2D eigenvalue weighted by Gasteiger charge is 2.41. The van der Waals surface area contributed by atoms with Gasteiger partial charge in [0.1, 0.15) is 5.92 Å². The monoisotopic (exact) mass is 505 g/mol. The maximum atomic E-state index is 14.0. The number of aromatic carboxylic acids is 1. The predicted molar refractivity (Wildman–Crippen MR) is 138 cm³/mol. The van der Waals surface area contributed by atoms with Crippen molar-refractivity contribution in [2.24, 2.45) is 17.4 Å². The van der Waals surface area contributed by atoms with E-state index in [1.807, 2.05) is 24.3 Å². The number of rotatable bonds is 9. The van der Waals surface area contributed by atoms with Gasteiger partial charge in [0.15, 0.2) is 5.78 Å². The number of hydrogen-bond acceptors (Lipinski definition) is 6. The van der Waals surface area contributed by atoms with E-state index in [0.717, 1.165) is 22.0 Å². The number of Topliss-reactive ketones (excluding diaryl/α,β-unsaturated/α-hetero) is 1. The zero-order chi connectivity index (χ0) is 26.9. The third-order valence-electron chi connectivity index (χ3n) is 6.76. The van der Waals surface area contributed by atoms with Crippen LogP contribution in [0.25, 0.3) is 10.9 Å². The molecule has 2 unspecified atom stereocenters. The summed E-state index contributed by atoms with van der Waals surface area (Å²) >= 11 is 0. The number of H-pyrrole nitrogens is 1. The molecule has 0 bridgehead atoms. The van der Waals surface area contributed by atoms with Crippen LogP contribution in [0, 0.1) is 5.92 Å². The Kier molecular flexibility index (Phi) is 7.15. The van der Waals surface area contributed by atoms with Crippen LogP contribution < -0.4 is 22.1 Å². The van der Waals surface area contributed by atoms with Gasteiger partial charge in [-0.15, -0.1) is 0 Å². The number of carbonyl (C=O) groups is 4. The number of carbonyl (C=O) groups excluding carboxylic acids is 3. The normalized spacial score (nSPS) is 17.0. The molecule has 0 saturated heterocycles. The fourth-order valence-corrected chi connectivity index (χ4v) is 4.80. The van der Waals surface area contributed by atoms with E-state index < -0.39 is 47.1 Å². The number of nitrogens with two attached hydrogens (primary N) is 2. The molecule has 194 valence electrons. The molecule has 0 saturated carbocycles. The Balaban J connectivity index is 1.72. The topological polar surface area (TPSA) is 180 Å². The highest BCUT2D eigenvalue weighted by molar-refractivity contribution is 6.06. The molecule has 37 heavy (non-hydrogen) atoms. The van der Waals surface area contributed by atoms with Crippen LogP contribution in [0.3, 0.4) is 0 Å². The molecule has 0 aliphatic carbocycles. The lowest BCUT2D eigenvalue weighted by Crippen LogP contribution is -2.57. The number of aromatic amines is 1. The van der Waals surface area contributed by atoms with Gasteiger partial charge in [-0.2, -0.15) is 0 Å². The average molecular weight is 506 g/mol. The lowest BCUT2D eigenvalue weighted by Gasteiger charge is -2.33. The Bertz CT molecular complexity index is 1370. The van der Waals surface area contributed by atoms with Gasteiger partial charge in [0.2, 0.25) is 11.8 Å². The first kappa shape index (κ1) is 26.1. The van der Waals surface area contributed by atoms with E-state index in [2.05, 4.69) is 15.6 Å². The first-order valence-electron chi connectivity index (χ1n) is 12.0. The molecule has 10 heteroatoms. The summed E-state index contributed by atoms with van der Waals surface area (Å²) in [4.78, 5) is 54.2. The lowest BCUT2D eigenvalue weighted by atomic mass is 9.80. The van der Waals surface area contributed by atoms with E-state index in [9.17, 15) is 24.3 Å². The molecule has 2 heterocycles. The molecule has 0 radical (unpaired) electrons. The van der Waals surface area contributed by atoms with Crippen molar-refractivity contribution in [1.82, 2.24) is 15.6 Å². The van der Waals surface area contributed by atoms with Gasteiger partial charge in [-0.25, -0.2) is 4.79 Å². The van der Waals surface area contributed by atoms with Crippen LogP contribution in [-0.2, 0) is 27.2 Å². The second-order valence-corrected chi connectivity index (χ2v) is 9.99. The maximum absolute atomic E-state index is 14.0. The predicted octanol–water partition coefficient (Wildman–Crippen LogP) is 1.19. The minimum Gasteiger partial charge on any atom is -0.478 e. The van der Waals surface area contributed by atoms with Crippen molar-refractivity contribution in [1.29, 1.82) is 0 Å². The summed E-state index contributed by atoms with van der Waals surface area (Å²) < 4.78 is 0. The van der Waals surface area contributed by atoms with Crippen LogP contribution >= 0.6 is 0 Å². The molecule has 4 rings (SSSR count). The molecular weight excluding hydrogens is 474 g/mol. The summed E-state index contributed by atoms with van der Waals surface area (Å²) in [5, 5.41) is 16.2. The minimum atomic E-state index is -1.31. The number of amides is 2. The summed E-state index contributed by atoms with van der Waals surface area (Å²) in [5.41, 5.74) is 13.7. The smallest absolute Gasteiger partial charge is 0.335 e. The molecule has 8 N–H and O–H groups in total. The van der Waals surface area contributed by atoms with Gasteiger partial charge < -0.3 is 32.2 Å². The van der Waals surface area contributed by atoms with Crippen molar-refractivity contribution < 1.29 is 24.3 Å². The number of fused-ring (bicyclic) bond motifs is 2. The molecule has 10 nitrogen and oxygen atoms in total. The van der Waals surface area contributed by atoms with Gasteiger partial charge in [0.25, 0.3) is 0 Å². The number of hydrogen-bond donors (Lipinski definition) is 6. The molecule has 1 aromatic heterocycles. The number of para-hydroxylation sites is 1. The summed E-state index contributed by atoms with van der Waals surface area (Å²) in [6, 6.07) is 10.3. The van der Waals surface area contributed by atoms with Gasteiger partial charge >= 0.3 is 5.97 Å². The highest BCUT2D eigenvalue weighted by atomic mass is 16.4. The lowest BCUT2D eigenvalue weighted by molar-refractivity contribution is -0.137. The third kappa shape index (κ3) is 5.40. The van der Waals surface area contributed by atoms with Gasteiger partial charge in [-0.1, -0.05) is 24.3 Å². The standard InChI is InChI=1S/C27H31N5O5/c1-27(2,29)26(37)32-20(12-16-13-31-19-6-4-3-5-17(16)19)23(33)21(24(28)34)22-18-8-7-15(25(35)36)11-14(18)9-10-30-22/h3-8,11,13,20-22,30-31H,9-10,12,29H2,1-2H3,(H2,28,34)(H,32,37)(H,35,36)/t20?,21-,22?/m1/s1. The number of primary amides is 1. The zero-order valence-electron chi connectivity index (χ0n) is 20.7. The van der Waals surface area contributed by atoms with E-state index in [1.54, 1.807) is 18.3 Å². The van der Waals surface area contributed by atoms with E-state index >= 15 is 0 Å². The van der Waals surface area contributed by atoms with E-state index in [-0.39, 0.29) is 12.0 Å². The van der Waals surface area contributed by atoms with E-state index in [4.69, 9.17) is 11.5 Å². The molecule has 2 aromatic carbocycles. The third-order valence-corrected chi connectivity index (χ3v) is 6.76. The number of nitrogens with one attached hydrogen (secondary N) is 3. The number of benzene rings is 2. The van der Waals surface area contributed by atoms with Gasteiger partial charge in [0, 0.05) is 23.5 Å². The van der Waals surface area contributed by atoms with Gasteiger partial charge in [-0.3, -0.25) is 14.4 Å². The summed E-state index contributed by atoms with van der Waals surface area (Å²) in [5.74, 6) is -4.32. The Hall–Kier alpha value is -4.02. The quantitative estimate of drug-likeness (QED) is 0.236. The van der Waals surface area contributed by atoms with Crippen molar-refractivity contribution in [2.45, 2.75) is 44.3 Å². The largest absolute Gasteiger partial charge is 0.478 e. The van der Waals surface area contributed by atoms with Crippen molar-refractivity contribution >= 4 is 34.5 Å². The van der Waals surface area contributed by atoms with Crippen molar-refractivity contribution in [2.75, 3.05) is 6.54 Å². The van der Waals surface area contributed by atoms with Crippen LogP contribution in [-0.4, -0.2) is 51.8 Å². The van der Waals surface area contributed by atoms with Crippen LogP contribution in [0.2, 0.25) is 0 Å². The van der Waals surface area contributed by atoms with Crippen LogP contribution in [0.4, 0.5) is 0 Å². The number of ketones is 1. The van der Waals surface area contributed by atoms with Crippen molar-refractivity contribution in [3.8, 4) is 0 Å². The SMILES string of the molecule is CC(C)(N)C(=O)NC(Cc1c[nH]c2ccccc12)C(=O)[C@H](C(N)=O)C1NCCc2cc(C(=O)O)ccc21. The Morgan fingerprint density at radius 3 is 2.57 bits per heavy atom. The molecule has 2 amide bonds. The molecule has 0 fully saturated rings. The van der Waals surface area contributed by atoms with E-state index in [1.165, 1.54) is 19.9 Å². The highest BCUT2D eigenvalue weighted by Crippen LogP contribution is 2.32. The average Bonchev–Trinajstić information content (AvgIpc) is 3.25. The first-order chi connectivity index (χ1) is 17.5. The Morgan fingerprint density at radius 1 is 1.16 bits per heavy atom. The Labute approximate surface area is 213 Å². The second-order valence-electron chi connectivity index (χ2n) is 9.99. The van der Waals surface area contributed by atoms with Crippen LogP contribution in [0.15, 0.2) is 48.7 Å². The van der Waals surface area contributed by atoms with Crippen LogP contribution in [0.1, 0.15) is 46.9 Å². The molecule has 1 aliphatic rings. The van der Waals surface area contributed by atoms with Gasteiger partial charge in [-0.05, 0) is 61.7 Å². The number of carboxylic acids is 1. The summed E-state index contributed by atoms with van der Waals surface area (Å²) in [7, 11) is 0. The number of carboxylic acid groups (broad SMARTS) is 1. The second kappa shape index (κ2) is 10.2. The first-order valence-corrected chi connectivity index (χ1v) is 12.0. The summed E-state index contributed by atoms with van der Waals surface area (Å²) in [6.45, 7) is 3.48. The molecular formula is C27H31N5O5. The molecule has 3 aromatic rings. The van der Waals surface area contributed by atoms with Crippen molar-refractivity contribution in [3.05, 3.63) is 70.9 Å². The Morgan fingerprint density at radius 2 is 1.89 bits per heavy atom. The molecule has 1 aliphatic heterocycles. The zero-order valence-corrected chi connectivity index (χ0v) is 20.7. The van der Waals surface area contributed by atoms with Crippen molar-refractivity contribution in [3.63, 3.8) is 0 Å². The van der Waals surface area contributed by atoms with E-state index in [0.29, 0.717) is 18.5 Å². The molecule has 3 atom stereocenters. The maximum Gasteiger partial charge on any atom is 0.335 e. The minimum absolute atomic E-state index is 0.117. The molecule has 0 spiro atoms. The number of aromatic nitrogens is 1. The van der Waals surface area contributed by atoms with Gasteiger partial charge in [0.05, 0.1) is 23.2 Å². The summed E-state index contributed by atoms with van der Waals surface area (Å²) in [6.07, 6.45) is 2.42. The fourth-order valence-electron chi connectivity index (χ4n) is 4.80. The fraction of sp³-hybridized carbons (Fsp3) is 0.333.